The van der Waals surface area contributed by atoms with Crippen molar-refractivity contribution in [3.8, 4) is 5.75 Å². The Balaban J connectivity index is 1.36. The van der Waals surface area contributed by atoms with Crippen LogP contribution in [0, 0.1) is 17.8 Å². The summed E-state index contributed by atoms with van der Waals surface area (Å²) in [5.74, 6) is 1.56. The van der Waals surface area contributed by atoms with Gasteiger partial charge in [0.1, 0.15) is 11.4 Å². The Morgan fingerprint density at radius 3 is 2.76 bits per heavy atom. The molecule has 1 aromatic rings. The number of para-hydroxylation sites is 1. The predicted octanol–water partition coefficient (Wildman–Crippen LogP) is 2.03. The molecule has 4 atom stereocenters. The lowest BCUT2D eigenvalue weighted by Crippen LogP contribution is -2.46. The van der Waals surface area contributed by atoms with Crippen LogP contribution in [0.2, 0.25) is 0 Å². The highest BCUT2D eigenvalue weighted by molar-refractivity contribution is 6.00. The molecule has 2 aliphatic heterocycles. The summed E-state index contributed by atoms with van der Waals surface area (Å²) in [6.45, 7) is 1.29. The van der Waals surface area contributed by atoms with Crippen molar-refractivity contribution in [3.05, 3.63) is 29.8 Å². The predicted molar refractivity (Wildman–Crippen MR) is 90.3 cm³/mol. The molecule has 1 saturated heterocycles. The highest BCUT2D eigenvalue weighted by Crippen LogP contribution is 2.66. The summed E-state index contributed by atoms with van der Waals surface area (Å²) >= 11 is 0. The van der Waals surface area contributed by atoms with Gasteiger partial charge in [0.15, 0.2) is 5.78 Å². The molecule has 0 aromatic heterocycles. The van der Waals surface area contributed by atoms with Crippen LogP contribution < -0.4 is 4.74 Å². The molecule has 0 bridgehead atoms. The van der Waals surface area contributed by atoms with Crippen molar-refractivity contribution in [3.63, 3.8) is 0 Å². The van der Waals surface area contributed by atoms with Crippen molar-refractivity contribution >= 4 is 11.7 Å². The first kappa shape index (κ1) is 15.4. The van der Waals surface area contributed by atoms with E-state index in [1.54, 1.807) is 0 Å². The summed E-state index contributed by atoms with van der Waals surface area (Å²) in [7, 11) is 0. The second kappa shape index (κ2) is 5.31. The van der Waals surface area contributed by atoms with E-state index in [-0.39, 0.29) is 29.6 Å². The Bertz CT molecular complexity index is 739. The monoisotopic (exact) mass is 341 g/mol. The maximum absolute atomic E-state index is 12.9. The van der Waals surface area contributed by atoms with Crippen LogP contribution in [0.25, 0.3) is 0 Å². The average Bonchev–Trinajstić information content (AvgIpc) is 3.26. The van der Waals surface area contributed by atoms with Crippen molar-refractivity contribution in [2.45, 2.75) is 43.8 Å². The van der Waals surface area contributed by atoms with E-state index in [2.05, 4.69) is 0 Å². The maximum Gasteiger partial charge on any atom is 0.226 e. The Morgan fingerprint density at radius 1 is 1.20 bits per heavy atom. The van der Waals surface area contributed by atoms with E-state index in [0.29, 0.717) is 49.6 Å². The summed E-state index contributed by atoms with van der Waals surface area (Å²) in [6.07, 6.45) is 3.29. The van der Waals surface area contributed by atoms with Crippen LogP contribution in [0.1, 0.15) is 42.5 Å². The molecular formula is C20H23NO4. The van der Waals surface area contributed by atoms with Gasteiger partial charge in [-0.2, -0.15) is 0 Å². The van der Waals surface area contributed by atoms with E-state index in [1.807, 2.05) is 29.2 Å². The van der Waals surface area contributed by atoms with Crippen LogP contribution in [0.4, 0.5) is 0 Å². The number of likely N-dealkylation sites (tertiary alicyclic amines) is 1. The number of ether oxygens (including phenoxy) is 1. The molecule has 1 amide bonds. The van der Waals surface area contributed by atoms with Crippen LogP contribution in [-0.2, 0) is 4.79 Å². The molecule has 5 heteroatoms. The first-order valence-corrected chi connectivity index (χ1v) is 9.37. The van der Waals surface area contributed by atoms with Gasteiger partial charge in [-0.3, -0.25) is 9.59 Å². The fraction of sp³-hybridized carbons (Fsp3) is 0.600. The highest BCUT2D eigenvalue weighted by Gasteiger charge is 2.71. The third kappa shape index (κ3) is 2.25. The quantitative estimate of drug-likeness (QED) is 0.849. The zero-order chi connectivity index (χ0) is 17.2. The summed E-state index contributed by atoms with van der Waals surface area (Å²) in [5.41, 5.74) is 0.191. The fourth-order valence-electron chi connectivity index (χ4n) is 5.40. The number of carbonyl (C=O) groups excluding carboxylic acids is 2. The first-order chi connectivity index (χ1) is 12.1. The SMILES string of the molecule is O=C1C[C@]2(CC[C@H]3[C@@H](C(=O)N4CCC(O)CC4)[C@@H]32)Oc2ccccc21. The number of ketones is 1. The average molecular weight is 341 g/mol. The van der Waals surface area contributed by atoms with Crippen molar-refractivity contribution < 1.29 is 19.4 Å². The van der Waals surface area contributed by atoms with Gasteiger partial charge in [-0.1, -0.05) is 12.1 Å². The summed E-state index contributed by atoms with van der Waals surface area (Å²) in [4.78, 5) is 27.5. The van der Waals surface area contributed by atoms with E-state index >= 15 is 0 Å². The van der Waals surface area contributed by atoms with Gasteiger partial charge < -0.3 is 14.7 Å². The van der Waals surface area contributed by atoms with Crippen LogP contribution >= 0.6 is 0 Å². The lowest BCUT2D eigenvalue weighted by atomic mass is 9.84. The number of hydrogen-bond acceptors (Lipinski definition) is 4. The molecular weight excluding hydrogens is 318 g/mol. The summed E-state index contributed by atoms with van der Waals surface area (Å²) < 4.78 is 6.36. The van der Waals surface area contributed by atoms with E-state index in [9.17, 15) is 14.7 Å². The van der Waals surface area contributed by atoms with Gasteiger partial charge in [0, 0.05) is 24.9 Å². The van der Waals surface area contributed by atoms with Crippen molar-refractivity contribution in [2.24, 2.45) is 17.8 Å². The van der Waals surface area contributed by atoms with E-state index in [4.69, 9.17) is 4.74 Å². The number of rotatable bonds is 1. The molecule has 5 rings (SSSR count). The number of aliphatic hydroxyl groups is 1. The maximum atomic E-state index is 12.9. The largest absolute Gasteiger partial charge is 0.486 e. The molecule has 4 aliphatic rings. The zero-order valence-electron chi connectivity index (χ0n) is 14.2. The van der Waals surface area contributed by atoms with Crippen molar-refractivity contribution in [1.82, 2.24) is 4.90 Å². The van der Waals surface area contributed by atoms with Gasteiger partial charge in [-0.15, -0.1) is 0 Å². The van der Waals surface area contributed by atoms with E-state index < -0.39 is 5.60 Å². The molecule has 5 nitrogen and oxygen atoms in total. The second-order valence-electron chi connectivity index (χ2n) is 8.07. The molecule has 2 heterocycles. The van der Waals surface area contributed by atoms with Gasteiger partial charge in [-0.25, -0.2) is 0 Å². The Hall–Kier alpha value is -1.88. The smallest absolute Gasteiger partial charge is 0.226 e. The second-order valence-corrected chi connectivity index (χ2v) is 8.07. The Kier molecular flexibility index (Phi) is 3.26. The van der Waals surface area contributed by atoms with E-state index in [1.165, 1.54) is 0 Å². The Morgan fingerprint density at radius 2 is 1.96 bits per heavy atom. The molecule has 0 unspecified atom stereocenters. The van der Waals surface area contributed by atoms with E-state index in [0.717, 1.165) is 12.8 Å². The first-order valence-electron chi connectivity index (χ1n) is 9.37. The van der Waals surface area contributed by atoms with Gasteiger partial charge >= 0.3 is 0 Å². The molecule has 2 saturated carbocycles. The molecule has 132 valence electrons. The third-order valence-electron chi connectivity index (χ3n) is 6.70. The molecule has 0 radical (unpaired) electrons. The number of hydrogen-bond donors (Lipinski definition) is 1. The topological polar surface area (TPSA) is 66.8 Å². The molecule has 1 spiro atoms. The molecule has 25 heavy (non-hydrogen) atoms. The summed E-state index contributed by atoms with van der Waals surface area (Å²) in [6, 6.07) is 7.45. The molecule has 2 aliphatic carbocycles. The highest BCUT2D eigenvalue weighted by atomic mass is 16.5. The van der Waals surface area contributed by atoms with Crippen molar-refractivity contribution in [2.75, 3.05) is 13.1 Å². The number of aliphatic hydroxyl groups excluding tert-OH is 1. The number of fused-ring (bicyclic) bond motifs is 3. The van der Waals surface area contributed by atoms with Gasteiger partial charge in [-0.05, 0) is 43.7 Å². The minimum absolute atomic E-state index is 0.00190. The minimum Gasteiger partial charge on any atom is -0.486 e. The summed E-state index contributed by atoms with van der Waals surface area (Å²) in [5, 5.41) is 9.65. The van der Waals surface area contributed by atoms with Crippen molar-refractivity contribution in [1.29, 1.82) is 0 Å². The number of carbonyl (C=O) groups is 2. The van der Waals surface area contributed by atoms with Crippen LogP contribution in [0.5, 0.6) is 5.75 Å². The Labute approximate surface area is 147 Å². The number of amides is 1. The van der Waals surface area contributed by atoms with Gasteiger partial charge in [0.05, 0.1) is 18.1 Å². The van der Waals surface area contributed by atoms with Gasteiger partial charge in [0.25, 0.3) is 0 Å². The third-order valence-corrected chi connectivity index (χ3v) is 6.70. The fourth-order valence-corrected chi connectivity index (χ4v) is 5.40. The lowest BCUT2D eigenvalue weighted by molar-refractivity contribution is -0.136. The number of benzene rings is 1. The number of nitrogens with zero attached hydrogens (tertiary/aromatic N) is 1. The van der Waals surface area contributed by atoms with Crippen LogP contribution in [0.15, 0.2) is 24.3 Å². The number of Topliss-reactive ketones (excluding diaryl/α,β-unsaturated/α-hetero) is 1. The molecule has 1 aromatic carbocycles. The van der Waals surface area contributed by atoms with Crippen LogP contribution in [0.3, 0.4) is 0 Å². The molecule has 1 N–H and O–H groups in total. The lowest BCUT2D eigenvalue weighted by Gasteiger charge is -2.37. The zero-order valence-corrected chi connectivity index (χ0v) is 14.2. The normalized spacial score (nSPS) is 36.8. The standard InChI is InChI=1S/C20H23NO4/c22-12-6-9-21(10-7-12)19(24)17-14-5-8-20(18(14)17)11-15(23)13-3-1-2-4-16(13)25-20/h1-4,12,14,17-18,22H,5-11H2/t14-,17+,18+,20-/m0/s1. The van der Waals surface area contributed by atoms with Gasteiger partial charge in [0.2, 0.25) is 5.91 Å². The minimum atomic E-state index is -0.480. The van der Waals surface area contributed by atoms with Crippen LogP contribution in [-0.4, -0.2) is 46.5 Å². The molecule has 3 fully saturated rings. The number of piperidine rings is 1.